The van der Waals surface area contributed by atoms with Crippen molar-refractivity contribution >= 4 is 0 Å². The molecule has 2 atom stereocenters. The van der Waals surface area contributed by atoms with Gasteiger partial charge in [-0.25, -0.2) is 0 Å². The van der Waals surface area contributed by atoms with E-state index in [2.05, 4.69) is 6.92 Å². The minimum absolute atomic E-state index is 0.0162. The lowest BCUT2D eigenvalue weighted by Gasteiger charge is -2.18. The van der Waals surface area contributed by atoms with Gasteiger partial charge < -0.3 is 19.7 Å². The first-order valence-corrected chi connectivity index (χ1v) is 5.69. The fourth-order valence-corrected chi connectivity index (χ4v) is 1.22. The monoisotopic (exact) mass is 220 g/mol. The summed E-state index contributed by atoms with van der Waals surface area (Å²) in [6, 6.07) is 0. The molecule has 0 heterocycles. The SMILES string of the molecule is CCCC(CO)OCC(C)OCCCO. The van der Waals surface area contributed by atoms with Crippen LogP contribution in [0, 0.1) is 0 Å². The lowest BCUT2D eigenvalue weighted by Crippen LogP contribution is -2.24. The van der Waals surface area contributed by atoms with Crippen LogP contribution in [0.1, 0.15) is 33.1 Å². The summed E-state index contributed by atoms with van der Waals surface area (Å²) in [6.45, 7) is 5.26. The molecule has 0 radical (unpaired) electrons. The molecule has 0 aromatic rings. The van der Waals surface area contributed by atoms with Crippen LogP contribution in [0.2, 0.25) is 0 Å². The molecule has 2 N–H and O–H groups in total. The van der Waals surface area contributed by atoms with Crippen LogP contribution < -0.4 is 0 Å². The van der Waals surface area contributed by atoms with Crippen LogP contribution >= 0.6 is 0 Å². The van der Waals surface area contributed by atoms with E-state index in [1.807, 2.05) is 6.92 Å². The molecule has 0 aromatic heterocycles. The summed E-state index contributed by atoms with van der Waals surface area (Å²) in [5, 5.41) is 17.5. The lowest BCUT2D eigenvalue weighted by atomic mass is 10.2. The summed E-state index contributed by atoms with van der Waals surface area (Å²) in [7, 11) is 0. The average molecular weight is 220 g/mol. The van der Waals surface area contributed by atoms with E-state index in [0.717, 1.165) is 12.8 Å². The quantitative estimate of drug-likeness (QED) is 0.538. The van der Waals surface area contributed by atoms with Crippen molar-refractivity contribution in [2.75, 3.05) is 26.4 Å². The third kappa shape index (κ3) is 8.81. The van der Waals surface area contributed by atoms with Gasteiger partial charge in [0.1, 0.15) is 0 Å². The number of rotatable bonds is 10. The van der Waals surface area contributed by atoms with E-state index in [-0.39, 0.29) is 25.4 Å². The third-order valence-electron chi connectivity index (χ3n) is 2.09. The first-order chi connectivity index (χ1) is 7.24. The molecule has 0 saturated carbocycles. The molecule has 0 amide bonds. The number of hydrogen-bond acceptors (Lipinski definition) is 4. The Morgan fingerprint density at radius 2 is 1.93 bits per heavy atom. The Kier molecular flexibility index (Phi) is 10.3. The first kappa shape index (κ1) is 14.8. The maximum atomic E-state index is 8.99. The van der Waals surface area contributed by atoms with Gasteiger partial charge in [0.05, 0.1) is 25.4 Å². The highest BCUT2D eigenvalue weighted by Gasteiger charge is 2.09. The minimum atomic E-state index is -0.0705. The number of aliphatic hydroxyl groups excluding tert-OH is 2. The number of aliphatic hydroxyl groups is 2. The van der Waals surface area contributed by atoms with Crippen molar-refractivity contribution in [3.8, 4) is 0 Å². The zero-order valence-corrected chi connectivity index (χ0v) is 9.82. The van der Waals surface area contributed by atoms with Crippen molar-refractivity contribution in [2.45, 2.75) is 45.3 Å². The van der Waals surface area contributed by atoms with E-state index in [0.29, 0.717) is 19.6 Å². The van der Waals surface area contributed by atoms with Crippen LogP contribution in [0.15, 0.2) is 0 Å². The normalized spacial score (nSPS) is 15.2. The summed E-state index contributed by atoms with van der Waals surface area (Å²) in [5.41, 5.74) is 0. The van der Waals surface area contributed by atoms with E-state index >= 15 is 0 Å². The van der Waals surface area contributed by atoms with Crippen molar-refractivity contribution in [1.29, 1.82) is 0 Å². The second kappa shape index (κ2) is 10.4. The largest absolute Gasteiger partial charge is 0.396 e. The highest BCUT2D eigenvalue weighted by molar-refractivity contribution is 4.56. The lowest BCUT2D eigenvalue weighted by molar-refractivity contribution is -0.0558. The molecule has 4 nitrogen and oxygen atoms in total. The Labute approximate surface area is 92.2 Å². The Balaban J connectivity index is 3.45. The standard InChI is InChI=1S/C11H24O4/c1-3-5-11(8-13)15-9-10(2)14-7-4-6-12/h10-13H,3-9H2,1-2H3. The molecule has 0 fully saturated rings. The predicted molar refractivity (Wildman–Crippen MR) is 58.9 cm³/mol. The van der Waals surface area contributed by atoms with Gasteiger partial charge in [-0.3, -0.25) is 0 Å². The molecule has 0 saturated heterocycles. The van der Waals surface area contributed by atoms with Gasteiger partial charge in [0, 0.05) is 13.2 Å². The Morgan fingerprint density at radius 1 is 1.20 bits per heavy atom. The van der Waals surface area contributed by atoms with Crippen LogP contribution in [-0.2, 0) is 9.47 Å². The molecule has 4 heteroatoms. The van der Waals surface area contributed by atoms with Crippen LogP contribution in [0.5, 0.6) is 0 Å². The Morgan fingerprint density at radius 3 is 2.47 bits per heavy atom. The predicted octanol–water partition coefficient (Wildman–Crippen LogP) is 0.951. The maximum Gasteiger partial charge on any atom is 0.0807 e. The van der Waals surface area contributed by atoms with E-state index < -0.39 is 0 Å². The van der Waals surface area contributed by atoms with E-state index in [4.69, 9.17) is 19.7 Å². The van der Waals surface area contributed by atoms with Gasteiger partial charge in [0.25, 0.3) is 0 Å². The summed E-state index contributed by atoms with van der Waals surface area (Å²) in [6.07, 6.45) is 2.48. The molecule has 0 bridgehead atoms. The van der Waals surface area contributed by atoms with Gasteiger partial charge in [0.2, 0.25) is 0 Å². The minimum Gasteiger partial charge on any atom is -0.396 e. The van der Waals surface area contributed by atoms with Gasteiger partial charge in [-0.15, -0.1) is 0 Å². The fraction of sp³-hybridized carbons (Fsp3) is 1.00. The van der Waals surface area contributed by atoms with Crippen LogP contribution in [0.3, 0.4) is 0 Å². The van der Waals surface area contributed by atoms with Crippen molar-refractivity contribution in [3.63, 3.8) is 0 Å². The van der Waals surface area contributed by atoms with Gasteiger partial charge in [-0.1, -0.05) is 13.3 Å². The number of ether oxygens (including phenoxy) is 2. The van der Waals surface area contributed by atoms with Crippen molar-refractivity contribution < 1.29 is 19.7 Å². The highest BCUT2D eigenvalue weighted by atomic mass is 16.5. The second-order valence-electron chi connectivity index (χ2n) is 3.69. The van der Waals surface area contributed by atoms with Crippen molar-refractivity contribution in [1.82, 2.24) is 0 Å². The average Bonchev–Trinajstić information content (AvgIpc) is 2.24. The molecule has 0 aliphatic heterocycles. The summed E-state index contributed by atoms with van der Waals surface area (Å²) >= 11 is 0. The summed E-state index contributed by atoms with van der Waals surface area (Å²) in [5.74, 6) is 0. The Hall–Kier alpha value is -0.160. The molecule has 0 aliphatic carbocycles. The van der Waals surface area contributed by atoms with Gasteiger partial charge >= 0.3 is 0 Å². The summed E-state index contributed by atoms with van der Waals surface area (Å²) < 4.78 is 10.9. The number of hydrogen-bond donors (Lipinski definition) is 2. The molecular formula is C11H24O4. The Bertz CT molecular complexity index is 130. The second-order valence-corrected chi connectivity index (χ2v) is 3.69. The van der Waals surface area contributed by atoms with Crippen LogP contribution in [0.4, 0.5) is 0 Å². The molecule has 15 heavy (non-hydrogen) atoms. The molecule has 0 rings (SSSR count). The van der Waals surface area contributed by atoms with Gasteiger partial charge in [-0.05, 0) is 19.8 Å². The smallest absolute Gasteiger partial charge is 0.0807 e. The van der Waals surface area contributed by atoms with Gasteiger partial charge in [0.15, 0.2) is 0 Å². The topological polar surface area (TPSA) is 58.9 Å². The molecule has 0 aromatic carbocycles. The van der Waals surface area contributed by atoms with Crippen molar-refractivity contribution in [3.05, 3.63) is 0 Å². The van der Waals surface area contributed by atoms with Gasteiger partial charge in [-0.2, -0.15) is 0 Å². The zero-order valence-electron chi connectivity index (χ0n) is 9.82. The molecule has 0 spiro atoms. The van der Waals surface area contributed by atoms with E-state index in [1.54, 1.807) is 0 Å². The third-order valence-corrected chi connectivity index (χ3v) is 2.09. The molecule has 92 valence electrons. The summed E-state index contributed by atoms with van der Waals surface area (Å²) in [4.78, 5) is 0. The van der Waals surface area contributed by atoms with E-state index in [9.17, 15) is 0 Å². The first-order valence-electron chi connectivity index (χ1n) is 5.69. The van der Waals surface area contributed by atoms with E-state index in [1.165, 1.54) is 0 Å². The van der Waals surface area contributed by atoms with Crippen molar-refractivity contribution in [2.24, 2.45) is 0 Å². The molecule has 0 aliphatic rings. The fourth-order valence-electron chi connectivity index (χ4n) is 1.22. The molecule has 2 unspecified atom stereocenters. The van der Waals surface area contributed by atoms with Crippen LogP contribution in [-0.4, -0.2) is 48.8 Å². The maximum absolute atomic E-state index is 8.99. The molecular weight excluding hydrogens is 196 g/mol. The highest BCUT2D eigenvalue weighted by Crippen LogP contribution is 2.03. The van der Waals surface area contributed by atoms with Crippen LogP contribution in [0.25, 0.3) is 0 Å². The zero-order chi connectivity index (χ0) is 11.5.